The van der Waals surface area contributed by atoms with Crippen molar-refractivity contribution < 1.29 is 9.13 Å². The van der Waals surface area contributed by atoms with Gasteiger partial charge in [-0.2, -0.15) is 0 Å². The Labute approximate surface area is 133 Å². The van der Waals surface area contributed by atoms with Gasteiger partial charge in [0, 0.05) is 11.0 Å². The van der Waals surface area contributed by atoms with Gasteiger partial charge in [-0.15, -0.1) is 0 Å². The molecule has 21 heavy (non-hydrogen) atoms. The highest BCUT2D eigenvalue weighted by atomic mass is 79.9. The average Bonchev–Trinajstić information content (AvgIpc) is 2.46. The summed E-state index contributed by atoms with van der Waals surface area (Å²) in [7, 11) is 4.02. The van der Waals surface area contributed by atoms with E-state index >= 15 is 0 Å². The molecule has 1 unspecified atom stereocenters. The van der Waals surface area contributed by atoms with Crippen LogP contribution in [0.1, 0.15) is 17.2 Å². The van der Waals surface area contributed by atoms with Crippen molar-refractivity contribution in [3.05, 3.63) is 69.9 Å². The Morgan fingerprint density at radius 3 is 2.05 bits per heavy atom. The minimum atomic E-state index is -0.235. The number of benzene rings is 2. The third-order valence-corrected chi connectivity index (χ3v) is 3.70. The van der Waals surface area contributed by atoms with Crippen LogP contribution in [0.3, 0.4) is 0 Å². The van der Waals surface area contributed by atoms with Crippen LogP contribution < -0.4 is 0 Å². The van der Waals surface area contributed by atoms with Crippen LogP contribution in [0.2, 0.25) is 0 Å². The molecule has 0 fully saturated rings. The van der Waals surface area contributed by atoms with Crippen molar-refractivity contribution in [1.29, 1.82) is 0 Å². The largest absolute Gasteiger partial charge is 0.367 e. The van der Waals surface area contributed by atoms with E-state index in [4.69, 9.17) is 4.74 Å². The Morgan fingerprint density at radius 1 is 1.00 bits per heavy atom. The van der Waals surface area contributed by atoms with Gasteiger partial charge in [0.25, 0.3) is 0 Å². The van der Waals surface area contributed by atoms with Crippen molar-refractivity contribution in [3.63, 3.8) is 0 Å². The van der Waals surface area contributed by atoms with Gasteiger partial charge in [-0.05, 0) is 49.5 Å². The molecule has 0 aliphatic carbocycles. The summed E-state index contributed by atoms with van der Waals surface area (Å²) in [6.45, 7) is 1.46. The fraction of sp³-hybridized carbons (Fsp3) is 0.294. The van der Waals surface area contributed by atoms with Gasteiger partial charge in [0.05, 0.1) is 6.61 Å². The third kappa shape index (κ3) is 4.92. The molecule has 4 heteroatoms. The minimum absolute atomic E-state index is 0.182. The summed E-state index contributed by atoms with van der Waals surface area (Å²) in [5.41, 5.74) is 2.01. The summed E-state index contributed by atoms with van der Waals surface area (Å²) in [5.74, 6) is -0.235. The summed E-state index contributed by atoms with van der Waals surface area (Å²) < 4.78 is 20.2. The first-order valence-corrected chi connectivity index (χ1v) is 7.63. The van der Waals surface area contributed by atoms with E-state index in [1.165, 1.54) is 12.1 Å². The number of nitrogens with zero attached hydrogens (tertiary/aromatic N) is 1. The van der Waals surface area contributed by atoms with Crippen LogP contribution in [0, 0.1) is 5.82 Å². The summed E-state index contributed by atoms with van der Waals surface area (Å²) in [4.78, 5) is 2.07. The van der Waals surface area contributed by atoms with Gasteiger partial charge in [0.15, 0.2) is 0 Å². The highest BCUT2D eigenvalue weighted by molar-refractivity contribution is 9.10. The molecule has 112 valence electrons. The number of rotatable bonds is 6. The molecule has 0 aromatic heterocycles. The standard InChI is InChI=1S/C17H19BrFNO/c1-20(2)11-12-21-17(13-3-7-15(18)8-4-13)14-5-9-16(19)10-6-14/h3-10,17H,11-12H2,1-2H3. The molecule has 0 bridgehead atoms. The van der Waals surface area contributed by atoms with Gasteiger partial charge in [-0.25, -0.2) is 4.39 Å². The summed E-state index contributed by atoms with van der Waals surface area (Å²) in [5, 5.41) is 0. The van der Waals surface area contributed by atoms with E-state index in [0.29, 0.717) is 6.61 Å². The van der Waals surface area contributed by atoms with Gasteiger partial charge in [0.2, 0.25) is 0 Å². The lowest BCUT2D eigenvalue weighted by Gasteiger charge is -2.20. The zero-order valence-corrected chi connectivity index (χ0v) is 13.8. The molecule has 2 aromatic carbocycles. The Bertz CT molecular complexity index is 509. The average molecular weight is 352 g/mol. The molecular formula is C17H19BrFNO. The van der Waals surface area contributed by atoms with Crippen LogP contribution in [0.5, 0.6) is 0 Å². The number of hydrogen-bond donors (Lipinski definition) is 0. The van der Waals surface area contributed by atoms with Crippen molar-refractivity contribution in [3.8, 4) is 0 Å². The molecule has 2 aromatic rings. The second kappa shape index (κ2) is 7.69. The van der Waals surface area contributed by atoms with Crippen molar-refractivity contribution in [2.24, 2.45) is 0 Å². The van der Waals surface area contributed by atoms with Crippen LogP contribution in [-0.4, -0.2) is 32.1 Å². The van der Waals surface area contributed by atoms with Crippen LogP contribution >= 0.6 is 15.9 Å². The van der Waals surface area contributed by atoms with E-state index in [1.54, 1.807) is 12.1 Å². The first kappa shape index (κ1) is 16.1. The maximum absolute atomic E-state index is 13.1. The SMILES string of the molecule is CN(C)CCOC(c1ccc(F)cc1)c1ccc(Br)cc1. The Morgan fingerprint density at radius 2 is 1.52 bits per heavy atom. The number of hydrogen-bond acceptors (Lipinski definition) is 2. The lowest BCUT2D eigenvalue weighted by atomic mass is 10.0. The molecule has 2 nitrogen and oxygen atoms in total. The Kier molecular flexibility index (Phi) is 5.91. The molecule has 0 heterocycles. The minimum Gasteiger partial charge on any atom is -0.367 e. The summed E-state index contributed by atoms with van der Waals surface area (Å²) >= 11 is 3.43. The van der Waals surface area contributed by atoms with E-state index in [0.717, 1.165) is 22.1 Å². The fourth-order valence-corrected chi connectivity index (χ4v) is 2.28. The van der Waals surface area contributed by atoms with E-state index in [2.05, 4.69) is 20.8 Å². The molecule has 0 aliphatic heterocycles. The molecule has 0 saturated carbocycles. The first-order valence-electron chi connectivity index (χ1n) is 6.83. The lowest BCUT2D eigenvalue weighted by Crippen LogP contribution is -2.20. The smallest absolute Gasteiger partial charge is 0.123 e. The number of likely N-dealkylation sites (N-methyl/N-ethyl adjacent to an activating group) is 1. The highest BCUT2D eigenvalue weighted by Crippen LogP contribution is 2.27. The molecule has 0 aliphatic rings. The van der Waals surface area contributed by atoms with Crippen molar-refractivity contribution in [1.82, 2.24) is 4.90 Å². The van der Waals surface area contributed by atoms with Crippen molar-refractivity contribution in [2.45, 2.75) is 6.10 Å². The van der Waals surface area contributed by atoms with Crippen LogP contribution in [0.25, 0.3) is 0 Å². The predicted octanol–water partition coefficient (Wildman–Crippen LogP) is 4.26. The topological polar surface area (TPSA) is 12.5 Å². The van der Waals surface area contributed by atoms with Crippen molar-refractivity contribution >= 4 is 15.9 Å². The van der Waals surface area contributed by atoms with Gasteiger partial charge in [0.1, 0.15) is 11.9 Å². The molecule has 1 atom stereocenters. The predicted molar refractivity (Wildman–Crippen MR) is 86.9 cm³/mol. The summed E-state index contributed by atoms with van der Waals surface area (Å²) in [6, 6.07) is 14.5. The normalized spacial score (nSPS) is 12.6. The Balaban J connectivity index is 2.21. The van der Waals surface area contributed by atoms with Gasteiger partial charge in [-0.1, -0.05) is 40.2 Å². The monoisotopic (exact) mass is 351 g/mol. The van der Waals surface area contributed by atoms with Crippen LogP contribution in [-0.2, 0) is 4.74 Å². The first-order chi connectivity index (χ1) is 10.1. The van der Waals surface area contributed by atoms with E-state index in [9.17, 15) is 4.39 Å². The zero-order valence-electron chi connectivity index (χ0n) is 12.2. The van der Waals surface area contributed by atoms with E-state index in [1.807, 2.05) is 38.4 Å². The molecule has 0 N–H and O–H groups in total. The molecule has 2 rings (SSSR count). The Hall–Kier alpha value is -1.23. The lowest BCUT2D eigenvalue weighted by molar-refractivity contribution is 0.0687. The number of halogens is 2. The van der Waals surface area contributed by atoms with E-state index in [-0.39, 0.29) is 11.9 Å². The second-order valence-corrected chi connectivity index (χ2v) is 6.07. The van der Waals surface area contributed by atoms with Crippen molar-refractivity contribution in [2.75, 3.05) is 27.2 Å². The van der Waals surface area contributed by atoms with Gasteiger partial charge in [-0.3, -0.25) is 0 Å². The maximum Gasteiger partial charge on any atom is 0.123 e. The molecular weight excluding hydrogens is 333 g/mol. The zero-order chi connectivity index (χ0) is 15.2. The maximum atomic E-state index is 13.1. The fourth-order valence-electron chi connectivity index (χ4n) is 2.01. The molecule has 0 spiro atoms. The van der Waals surface area contributed by atoms with E-state index < -0.39 is 0 Å². The van der Waals surface area contributed by atoms with Gasteiger partial charge >= 0.3 is 0 Å². The quantitative estimate of drug-likeness (QED) is 0.771. The highest BCUT2D eigenvalue weighted by Gasteiger charge is 2.15. The molecule has 0 saturated heterocycles. The molecule has 0 radical (unpaired) electrons. The van der Waals surface area contributed by atoms with Crippen LogP contribution in [0.4, 0.5) is 4.39 Å². The van der Waals surface area contributed by atoms with Gasteiger partial charge < -0.3 is 9.64 Å². The third-order valence-electron chi connectivity index (χ3n) is 3.17. The second-order valence-electron chi connectivity index (χ2n) is 5.16. The molecule has 0 amide bonds. The van der Waals surface area contributed by atoms with Crippen LogP contribution in [0.15, 0.2) is 53.0 Å². The summed E-state index contributed by atoms with van der Waals surface area (Å²) in [6.07, 6.45) is -0.182. The number of ether oxygens (including phenoxy) is 1.